The van der Waals surface area contributed by atoms with Crippen LogP contribution in [0.1, 0.15) is 0 Å². The van der Waals surface area contributed by atoms with Crippen molar-refractivity contribution in [1.82, 2.24) is 4.67 Å². The Balaban J connectivity index is 1.93. The zero-order valence-electron chi connectivity index (χ0n) is 9.78. The molecule has 0 spiro atoms. The Morgan fingerprint density at radius 1 is 1.44 bits per heavy atom. The third-order valence-electron chi connectivity index (χ3n) is 3.41. The first-order valence-corrected chi connectivity index (χ1v) is 6.34. The third-order valence-corrected chi connectivity index (χ3v) is 3.88. The molecule has 0 aliphatic carbocycles. The lowest BCUT2D eigenvalue weighted by molar-refractivity contribution is -0.384. The molecule has 2 heterocycles. The average molecular weight is 267 g/mol. The quantitative estimate of drug-likeness (QED) is 0.435. The van der Waals surface area contributed by atoms with Gasteiger partial charge in [0, 0.05) is 25.7 Å². The predicted molar refractivity (Wildman–Crippen MR) is 71.0 cm³/mol. The maximum absolute atomic E-state index is 10.7. The van der Waals surface area contributed by atoms with Gasteiger partial charge in [-0.05, 0) is 6.07 Å². The second-order valence-electron chi connectivity index (χ2n) is 4.56. The summed E-state index contributed by atoms with van der Waals surface area (Å²) in [5.74, 6) is 0.623. The van der Waals surface area contributed by atoms with Crippen LogP contribution in [0.15, 0.2) is 18.2 Å². The molecule has 0 N–H and O–H groups in total. The lowest BCUT2D eigenvalue weighted by Crippen LogP contribution is -2.54. The monoisotopic (exact) mass is 267 g/mol. The van der Waals surface area contributed by atoms with Crippen LogP contribution in [0.4, 0.5) is 11.4 Å². The molecule has 1 saturated heterocycles. The molecule has 0 radical (unpaired) electrons. The summed E-state index contributed by atoms with van der Waals surface area (Å²) < 4.78 is 7.85. The van der Waals surface area contributed by atoms with E-state index in [0.717, 1.165) is 25.3 Å². The minimum absolute atomic E-state index is 0.0804. The molecule has 96 valence electrons. The molecule has 2 aliphatic rings. The SMILES string of the molecule is O=[N+]([O-])c1ccc2c(c1)OCC1CN(P)CCN21. The summed E-state index contributed by atoms with van der Waals surface area (Å²) in [6.07, 6.45) is 0. The Hall–Kier alpha value is -1.39. The number of anilines is 1. The van der Waals surface area contributed by atoms with Crippen LogP contribution >= 0.6 is 9.39 Å². The zero-order valence-corrected chi connectivity index (χ0v) is 10.9. The molecular formula is C11H14N3O3P. The van der Waals surface area contributed by atoms with Crippen LogP contribution < -0.4 is 9.64 Å². The second-order valence-corrected chi connectivity index (χ2v) is 5.29. The van der Waals surface area contributed by atoms with Crippen molar-refractivity contribution in [2.45, 2.75) is 6.04 Å². The van der Waals surface area contributed by atoms with Crippen LogP contribution in [0, 0.1) is 10.1 Å². The Morgan fingerprint density at radius 2 is 2.28 bits per heavy atom. The lowest BCUT2D eigenvalue weighted by atomic mass is 10.1. The number of nitro groups is 1. The van der Waals surface area contributed by atoms with Crippen LogP contribution in [-0.2, 0) is 0 Å². The van der Waals surface area contributed by atoms with Gasteiger partial charge in [-0.2, -0.15) is 0 Å². The van der Waals surface area contributed by atoms with Crippen LogP contribution in [0.25, 0.3) is 0 Å². The van der Waals surface area contributed by atoms with E-state index in [1.807, 2.05) is 0 Å². The normalized spacial score (nSPS) is 22.9. The fraction of sp³-hybridized carbons (Fsp3) is 0.455. The van der Waals surface area contributed by atoms with Gasteiger partial charge in [-0.3, -0.25) is 14.8 Å². The van der Waals surface area contributed by atoms with Crippen molar-refractivity contribution in [3.63, 3.8) is 0 Å². The Kier molecular flexibility index (Phi) is 2.84. The summed E-state index contributed by atoms with van der Waals surface area (Å²) in [4.78, 5) is 12.6. The Labute approximate surface area is 107 Å². The Morgan fingerprint density at radius 3 is 3.06 bits per heavy atom. The molecule has 6 nitrogen and oxygen atoms in total. The molecule has 0 aromatic heterocycles. The summed E-state index contributed by atoms with van der Waals surface area (Å²) in [6, 6.07) is 5.17. The van der Waals surface area contributed by atoms with Crippen LogP contribution in [0.2, 0.25) is 0 Å². The zero-order chi connectivity index (χ0) is 12.7. The van der Waals surface area contributed by atoms with Crippen molar-refractivity contribution >= 4 is 20.8 Å². The third kappa shape index (κ3) is 1.91. The molecule has 0 bridgehead atoms. The van der Waals surface area contributed by atoms with Gasteiger partial charge in [0.1, 0.15) is 12.4 Å². The van der Waals surface area contributed by atoms with Crippen molar-refractivity contribution in [2.75, 3.05) is 31.1 Å². The van der Waals surface area contributed by atoms with E-state index in [2.05, 4.69) is 19.0 Å². The van der Waals surface area contributed by atoms with E-state index in [0.29, 0.717) is 18.4 Å². The van der Waals surface area contributed by atoms with Crippen LogP contribution in [-0.4, -0.2) is 41.9 Å². The van der Waals surface area contributed by atoms with E-state index in [9.17, 15) is 10.1 Å². The van der Waals surface area contributed by atoms with E-state index in [1.54, 1.807) is 6.07 Å². The van der Waals surface area contributed by atoms with E-state index in [4.69, 9.17) is 4.74 Å². The summed E-state index contributed by atoms with van der Waals surface area (Å²) >= 11 is 0. The molecule has 2 unspecified atom stereocenters. The highest BCUT2D eigenvalue weighted by atomic mass is 31.0. The number of ether oxygens (including phenoxy) is 1. The van der Waals surface area contributed by atoms with Crippen molar-refractivity contribution in [2.24, 2.45) is 0 Å². The highest BCUT2D eigenvalue weighted by Gasteiger charge is 2.32. The van der Waals surface area contributed by atoms with E-state index in [-0.39, 0.29) is 5.69 Å². The van der Waals surface area contributed by atoms with Crippen molar-refractivity contribution in [3.05, 3.63) is 28.3 Å². The molecule has 0 amide bonds. The topological polar surface area (TPSA) is 58.9 Å². The maximum Gasteiger partial charge on any atom is 0.273 e. The van der Waals surface area contributed by atoms with Crippen molar-refractivity contribution < 1.29 is 9.66 Å². The summed E-state index contributed by atoms with van der Waals surface area (Å²) in [6.45, 7) is 3.40. The van der Waals surface area contributed by atoms with Crippen LogP contribution in [0.5, 0.6) is 5.75 Å². The minimum Gasteiger partial charge on any atom is -0.489 e. The number of hydrogen-bond acceptors (Lipinski definition) is 5. The number of fused-ring (bicyclic) bond motifs is 3. The molecular weight excluding hydrogens is 253 g/mol. The predicted octanol–water partition coefficient (Wildman–Crippen LogP) is 1.27. The maximum atomic E-state index is 10.7. The summed E-state index contributed by atoms with van der Waals surface area (Å²) in [5, 5.41) is 10.7. The van der Waals surface area contributed by atoms with Gasteiger partial charge in [0.2, 0.25) is 0 Å². The fourth-order valence-corrected chi connectivity index (χ4v) is 2.85. The molecule has 7 heteroatoms. The number of rotatable bonds is 1. The van der Waals surface area contributed by atoms with Crippen molar-refractivity contribution in [3.8, 4) is 5.75 Å². The molecule has 1 aromatic rings. The van der Waals surface area contributed by atoms with E-state index in [1.165, 1.54) is 12.1 Å². The smallest absolute Gasteiger partial charge is 0.273 e. The molecule has 3 rings (SSSR count). The van der Waals surface area contributed by atoms with Gasteiger partial charge in [0.25, 0.3) is 5.69 Å². The highest BCUT2D eigenvalue weighted by Crippen LogP contribution is 2.37. The summed E-state index contributed by atoms with van der Waals surface area (Å²) in [7, 11) is 2.71. The minimum atomic E-state index is -0.393. The first-order chi connectivity index (χ1) is 8.65. The number of nitrogens with zero attached hydrogens (tertiary/aromatic N) is 3. The highest BCUT2D eigenvalue weighted by molar-refractivity contribution is 7.13. The molecule has 2 aliphatic heterocycles. The van der Waals surface area contributed by atoms with Crippen molar-refractivity contribution in [1.29, 1.82) is 0 Å². The van der Waals surface area contributed by atoms with E-state index < -0.39 is 4.92 Å². The van der Waals surface area contributed by atoms with Gasteiger partial charge in [-0.1, -0.05) is 9.39 Å². The fourth-order valence-electron chi connectivity index (χ4n) is 2.49. The molecule has 1 fully saturated rings. The molecule has 1 aromatic carbocycles. The number of nitro benzene ring substituents is 1. The number of piperazine rings is 1. The van der Waals surface area contributed by atoms with Gasteiger partial charge >= 0.3 is 0 Å². The first kappa shape index (κ1) is 11.7. The van der Waals surface area contributed by atoms with Gasteiger partial charge in [0.05, 0.1) is 22.7 Å². The summed E-state index contributed by atoms with van der Waals surface area (Å²) in [5.41, 5.74) is 1.05. The molecule has 18 heavy (non-hydrogen) atoms. The van der Waals surface area contributed by atoms with Gasteiger partial charge < -0.3 is 9.64 Å². The first-order valence-electron chi connectivity index (χ1n) is 5.82. The lowest BCUT2D eigenvalue weighted by Gasteiger charge is -2.44. The second kappa shape index (κ2) is 4.37. The Bertz CT molecular complexity index is 496. The standard InChI is InChI=1S/C11H14N3O3P/c15-14(16)8-1-2-10-11(5-8)17-7-9-6-12(18)3-4-13(9)10/h1-2,5,9H,3-4,6-7,18H2. The molecule has 0 saturated carbocycles. The van der Waals surface area contributed by atoms with Gasteiger partial charge in [-0.25, -0.2) is 0 Å². The van der Waals surface area contributed by atoms with Gasteiger partial charge in [-0.15, -0.1) is 0 Å². The molecule has 2 atom stereocenters. The largest absolute Gasteiger partial charge is 0.489 e. The number of non-ortho nitro benzene ring substituents is 1. The van der Waals surface area contributed by atoms with Gasteiger partial charge in [0.15, 0.2) is 0 Å². The average Bonchev–Trinajstić information content (AvgIpc) is 2.37. The van der Waals surface area contributed by atoms with E-state index >= 15 is 0 Å². The van der Waals surface area contributed by atoms with Crippen LogP contribution in [0.3, 0.4) is 0 Å². The number of hydrogen-bond donors (Lipinski definition) is 0. The number of benzene rings is 1.